The normalized spacial score (nSPS) is 10.5. The van der Waals surface area contributed by atoms with Gasteiger partial charge < -0.3 is 14.3 Å². The Labute approximate surface area is 103 Å². The van der Waals surface area contributed by atoms with Crippen molar-refractivity contribution in [2.24, 2.45) is 0 Å². The van der Waals surface area contributed by atoms with Crippen LogP contribution in [-0.2, 0) is 0 Å². The number of hydrogen-bond acceptors (Lipinski definition) is 5. The van der Waals surface area contributed by atoms with Crippen molar-refractivity contribution >= 4 is 6.01 Å². The number of anilines is 1. The molecular formula is C12H11N5O. The monoisotopic (exact) mass is 241 g/mol. The molecule has 0 aliphatic rings. The zero-order valence-corrected chi connectivity index (χ0v) is 9.74. The molecule has 3 aromatic rings. The van der Waals surface area contributed by atoms with Crippen LogP contribution in [0.5, 0.6) is 0 Å². The van der Waals surface area contributed by atoms with Crippen LogP contribution in [0.25, 0.3) is 17.1 Å². The first-order chi connectivity index (χ1) is 8.86. The molecular weight excluding hydrogens is 230 g/mol. The van der Waals surface area contributed by atoms with Crippen molar-refractivity contribution in [1.29, 1.82) is 0 Å². The van der Waals surface area contributed by atoms with Crippen LogP contribution in [0.3, 0.4) is 0 Å². The highest BCUT2D eigenvalue weighted by atomic mass is 16.4. The van der Waals surface area contributed by atoms with E-state index in [-0.39, 0.29) is 0 Å². The van der Waals surface area contributed by atoms with E-state index in [1.54, 1.807) is 19.6 Å². The molecule has 0 fully saturated rings. The Morgan fingerprint density at radius 1 is 1.17 bits per heavy atom. The summed E-state index contributed by atoms with van der Waals surface area (Å²) in [5.74, 6) is 0.497. The molecule has 90 valence electrons. The van der Waals surface area contributed by atoms with Crippen LogP contribution in [0.2, 0.25) is 0 Å². The van der Waals surface area contributed by atoms with Gasteiger partial charge in [-0.15, -0.1) is 5.10 Å². The van der Waals surface area contributed by atoms with E-state index in [0.717, 1.165) is 11.3 Å². The van der Waals surface area contributed by atoms with E-state index in [2.05, 4.69) is 20.5 Å². The molecule has 2 heterocycles. The van der Waals surface area contributed by atoms with Crippen LogP contribution in [0, 0.1) is 0 Å². The maximum absolute atomic E-state index is 5.40. The van der Waals surface area contributed by atoms with E-state index in [4.69, 9.17) is 4.42 Å². The van der Waals surface area contributed by atoms with Gasteiger partial charge >= 0.3 is 6.01 Å². The van der Waals surface area contributed by atoms with Gasteiger partial charge in [-0.25, -0.2) is 4.98 Å². The molecule has 0 saturated carbocycles. The van der Waals surface area contributed by atoms with Gasteiger partial charge in [-0.1, -0.05) is 5.10 Å². The second-order valence-corrected chi connectivity index (χ2v) is 3.68. The van der Waals surface area contributed by atoms with E-state index < -0.39 is 0 Å². The lowest BCUT2D eigenvalue weighted by Crippen LogP contribution is -1.89. The predicted molar refractivity (Wildman–Crippen MR) is 66.4 cm³/mol. The minimum Gasteiger partial charge on any atom is -0.403 e. The summed E-state index contributed by atoms with van der Waals surface area (Å²) in [5.41, 5.74) is 1.91. The van der Waals surface area contributed by atoms with E-state index in [0.29, 0.717) is 11.9 Å². The van der Waals surface area contributed by atoms with Crippen LogP contribution < -0.4 is 5.32 Å². The maximum Gasteiger partial charge on any atom is 0.315 e. The Morgan fingerprint density at radius 2 is 2.00 bits per heavy atom. The zero-order valence-electron chi connectivity index (χ0n) is 9.74. The minimum absolute atomic E-state index is 0.406. The van der Waals surface area contributed by atoms with Gasteiger partial charge in [0.15, 0.2) is 0 Å². The molecule has 0 aliphatic carbocycles. The van der Waals surface area contributed by atoms with Gasteiger partial charge in [0.1, 0.15) is 0 Å². The summed E-state index contributed by atoms with van der Waals surface area (Å²) in [6.45, 7) is 0. The number of nitrogens with one attached hydrogen (secondary N) is 1. The highest BCUT2D eigenvalue weighted by molar-refractivity contribution is 5.56. The second kappa shape index (κ2) is 4.33. The number of rotatable bonds is 3. The summed E-state index contributed by atoms with van der Waals surface area (Å²) in [4.78, 5) is 4.01. The van der Waals surface area contributed by atoms with E-state index in [9.17, 15) is 0 Å². The Balaban J connectivity index is 1.91. The SMILES string of the molecule is CNc1nnc(-c2ccc(-n3ccnc3)cc2)o1. The molecule has 0 spiro atoms. The summed E-state index contributed by atoms with van der Waals surface area (Å²) in [6.07, 6.45) is 5.38. The maximum atomic E-state index is 5.40. The Bertz CT molecular complexity index is 627. The Kier molecular flexibility index (Phi) is 2.53. The first-order valence-corrected chi connectivity index (χ1v) is 5.47. The lowest BCUT2D eigenvalue weighted by Gasteiger charge is -2.01. The Morgan fingerprint density at radius 3 is 2.61 bits per heavy atom. The highest BCUT2D eigenvalue weighted by Crippen LogP contribution is 2.21. The van der Waals surface area contributed by atoms with Crippen molar-refractivity contribution in [2.45, 2.75) is 0 Å². The summed E-state index contributed by atoms with van der Waals surface area (Å²) in [7, 11) is 1.74. The summed E-state index contributed by atoms with van der Waals surface area (Å²) >= 11 is 0. The molecule has 0 saturated heterocycles. The van der Waals surface area contributed by atoms with Gasteiger partial charge in [-0.3, -0.25) is 0 Å². The minimum atomic E-state index is 0.406. The molecule has 1 aromatic carbocycles. The van der Waals surface area contributed by atoms with Crippen molar-refractivity contribution < 1.29 is 4.42 Å². The first kappa shape index (κ1) is 10.5. The third-order valence-electron chi connectivity index (χ3n) is 2.56. The number of hydrogen-bond donors (Lipinski definition) is 1. The lowest BCUT2D eigenvalue weighted by atomic mass is 10.2. The van der Waals surface area contributed by atoms with Crippen molar-refractivity contribution in [2.75, 3.05) is 12.4 Å². The fraction of sp³-hybridized carbons (Fsp3) is 0.0833. The second-order valence-electron chi connectivity index (χ2n) is 3.68. The molecule has 2 aromatic heterocycles. The van der Waals surface area contributed by atoms with Crippen molar-refractivity contribution in [3.63, 3.8) is 0 Å². The average Bonchev–Trinajstić information content (AvgIpc) is 3.10. The van der Waals surface area contributed by atoms with E-state index in [1.807, 2.05) is 35.0 Å². The number of benzene rings is 1. The third kappa shape index (κ3) is 1.84. The number of nitrogens with zero attached hydrogens (tertiary/aromatic N) is 4. The molecule has 1 N–H and O–H groups in total. The molecule has 6 nitrogen and oxygen atoms in total. The van der Waals surface area contributed by atoms with Crippen LogP contribution in [0.1, 0.15) is 0 Å². The summed E-state index contributed by atoms with van der Waals surface area (Å²) in [6, 6.07) is 8.22. The molecule has 0 aliphatic heterocycles. The standard InChI is InChI=1S/C12H11N5O/c1-13-12-16-15-11(18-12)9-2-4-10(5-3-9)17-7-6-14-8-17/h2-8H,1H3,(H,13,16). The highest BCUT2D eigenvalue weighted by Gasteiger charge is 2.07. The Hall–Kier alpha value is -2.63. The number of aromatic nitrogens is 4. The largest absolute Gasteiger partial charge is 0.403 e. The van der Waals surface area contributed by atoms with Crippen LogP contribution >= 0.6 is 0 Å². The summed E-state index contributed by atoms with van der Waals surface area (Å²) < 4.78 is 7.32. The molecule has 0 radical (unpaired) electrons. The molecule has 0 bridgehead atoms. The van der Waals surface area contributed by atoms with Crippen molar-refractivity contribution in [3.05, 3.63) is 43.0 Å². The lowest BCUT2D eigenvalue weighted by molar-refractivity contribution is 0.585. The smallest absolute Gasteiger partial charge is 0.315 e. The molecule has 0 amide bonds. The molecule has 0 atom stereocenters. The quantitative estimate of drug-likeness (QED) is 0.759. The number of imidazole rings is 1. The van der Waals surface area contributed by atoms with Gasteiger partial charge in [-0.2, -0.15) is 0 Å². The van der Waals surface area contributed by atoms with Gasteiger partial charge in [-0.05, 0) is 24.3 Å². The summed E-state index contributed by atoms with van der Waals surface area (Å²) in [5, 5.41) is 10.6. The fourth-order valence-electron chi connectivity index (χ4n) is 1.63. The molecule has 3 rings (SSSR count). The van der Waals surface area contributed by atoms with E-state index >= 15 is 0 Å². The van der Waals surface area contributed by atoms with Gasteiger partial charge in [0.2, 0.25) is 5.89 Å². The van der Waals surface area contributed by atoms with Crippen LogP contribution in [0.4, 0.5) is 6.01 Å². The van der Waals surface area contributed by atoms with Gasteiger partial charge in [0, 0.05) is 30.7 Å². The van der Waals surface area contributed by atoms with Crippen molar-refractivity contribution in [1.82, 2.24) is 19.7 Å². The molecule has 18 heavy (non-hydrogen) atoms. The topological polar surface area (TPSA) is 68.8 Å². The third-order valence-corrected chi connectivity index (χ3v) is 2.56. The van der Waals surface area contributed by atoms with Crippen molar-refractivity contribution in [3.8, 4) is 17.1 Å². The predicted octanol–water partition coefficient (Wildman–Crippen LogP) is 1.96. The zero-order chi connectivity index (χ0) is 12.4. The van der Waals surface area contributed by atoms with E-state index in [1.165, 1.54) is 0 Å². The molecule has 0 unspecified atom stereocenters. The first-order valence-electron chi connectivity index (χ1n) is 5.47. The average molecular weight is 241 g/mol. The van der Waals surface area contributed by atoms with Crippen LogP contribution in [0.15, 0.2) is 47.4 Å². The van der Waals surface area contributed by atoms with Crippen LogP contribution in [-0.4, -0.2) is 26.8 Å². The molecule has 6 heteroatoms. The fourth-order valence-corrected chi connectivity index (χ4v) is 1.63. The van der Waals surface area contributed by atoms with Gasteiger partial charge in [0.05, 0.1) is 6.33 Å². The van der Waals surface area contributed by atoms with Gasteiger partial charge in [0.25, 0.3) is 0 Å².